The minimum atomic E-state index is -0.349. The summed E-state index contributed by atoms with van der Waals surface area (Å²) in [6.45, 7) is 3.57. The molecule has 5 heteroatoms. The van der Waals surface area contributed by atoms with Crippen LogP contribution in [0, 0.1) is 12.7 Å². The number of aliphatic hydroxyl groups is 1. The third kappa shape index (κ3) is 3.11. The number of aryl methyl sites for hydroxylation is 1. The van der Waals surface area contributed by atoms with Crippen molar-refractivity contribution >= 4 is 16.8 Å². The third-order valence-electron chi connectivity index (χ3n) is 3.15. The summed E-state index contributed by atoms with van der Waals surface area (Å²) in [6, 6.07) is 5.88. The second-order valence-corrected chi connectivity index (χ2v) is 4.85. The summed E-state index contributed by atoms with van der Waals surface area (Å²) >= 11 is 0. The first-order valence-corrected chi connectivity index (χ1v) is 6.50. The van der Waals surface area contributed by atoms with Crippen LogP contribution in [0.3, 0.4) is 0 Å². The molecule has 1 heterocycles. The van der Waals surface area contributed by atoms with Gasteiger partial charge >= 0.3 is 0 Å². The average Bonchev–Trinajstić information content (AvgIpc) is 2.37. The number of carbonyl (C=O) groups excluding carboxylic acids is 1. The lowest BCUT2D eigenvalue weighted by Crippen LogP contribution is -2.33. The van der Waals surface area contributed by atoms with Crippen LogP contribution in [0.2, 0.25) is 0 Å². The Labute approximate surface area is 116 Å². The molecular formula is C15H17FN2O2. The number of halogens is 1. The number of amides is 1. The van der Waals surface area contributed by atoms with Crippen LogP contribution in [0.5, 0.6) is 0 Å². The Morgan fingerprint density at radius 3 is 2.90 bits per heavy atom. The summed E-state index contributed by atoms with van der Waals surface area (Å²) in [5.41, 5.74) is 1.55. The van der Waals surface area contributed by atoms with Crippen molar-refractivity contribution in [1.29, 1.82) is 0 Å². The zero-order valence-corrected chi connectivity index (χ0v) is 11.5. The second kappa shape index (κ2) is 5.96. The van der Waals surface area contributed by atoms with Crippen LogP contribution in [0.1, 0.15) is 29.4 Å². The molecule has 20 heavy (non-hydrogen) atoms. The van der Waals surface area contributed by atoms with E-state index in [0.29, 0.717) is 23.2 Å². The number of pyridine rings is 1. The van der Waals surface area contributed by atoms with E-state index in [9.17, 15) is 9.18 Å². The highest BCUT2D eigenvalue weighted by Crippen LogP contribution is 2.18. The highest BCUT2D eigenvalue weighted by atomic mass is 19.1. The minimum Gasteiger partial charge on any atom is -0.396 e. The van der Waals surface area contributed by atoms with Crippen LogP contribution >= 0.6 is 0 Å². The Balaban J connectivity index is 2.32. The fraction of sp³-hybridized carbons (Fsp3) is 0.333. The maximum atomic E-state index is 13.1. The predicted molar refractivity (Wildman–Crippen MR) is 75.1 cm³/mol. The van der Waals surface area contributed by atoms with Crippen molar-refractivity contribution < 1.29 is 14.3 Å². The van der Waals surface area contributed by atoms with E-state index in [-0.39, 0.29) is 24.4 Å². The van der Waals surface area contributed by atoms with Gasteiger partial charge in [-0.25, -0.2) is 4.39 Å². The topological polar surface area (TPSA) is 62.2 Å². The summed E-state index contributed by atoms with van der Waals surface area (Å²) in [4.78, 5) is 16.4. The molecule has 1 unspecified atom stereocenters. The van der Waals surface area contributed by atoms with Gasteiger partial charge in [-0.1, -0.05) is 0 Å². The van der Waals surface area contributed by atoms with Crippen LogP contribution < -0.4 is 5.32 Å². The maximum Gasteiger partial charge on any atom is 0.253 e. The molecule has 0 radical (unpaired) electrons. The number of rotatable bonds is 4. The molecule has 0 spiro atoms. The fourth-order valence-corrected chi connectivity index (χ4v) is 2.03. The predicted octanol–water partition coefficient (Wildman–Crippen LogP) is 2.18. The zero-order chi connectivity index (χ0) is 14.7. The highest BCUT2D eigenvalue weighted by molar-refractivity contribution is 5.98. The van der Waals surface area contributed by atoms with Crippen molar-refractivity contribution in [2.45, 2.75) is 26.3 Å². The molecule has 2 aromatic rings. The molecule has 0 aliphatic heterocycles. The van der Waals surface area contributed by atoms with Gasteiger partial charge < -0.3 is 10.4 Å². The van der Waals surface area contributed by atoms with E-state index >= 15 is 0 Å². The number of carbonyl (C=O) groups is 1. The molecule has 1 aromatic heterocycles. The van der Waals surface area contributed by atoms with Crippen molar-refractivity contribution in [3.8, 4) is 0 Å². The summed E-state index contributed by atoms with van der Waals surface area (Å²) in [5.74, 6) is -0.583. The van der Waals surface area contributed by atoms with Gasteiger partial charge in [-0.05, 0) is 38.5 Å². The summed E-state index contributed by atoms with van der Waals surface area (Å²) in [7, 11) is 0. The number of benzene rings is 1. The van der Waals surface area contributed by atoms with Crippen LogP contribution in [-0.4, -0.2) is 28.6 Å². The van der Waals surface area contributed by atoms with Crippen LogP contribution in [0.15, 0.2) is 24.3 Å². The smallest absolute Gasteiger partial charge is 0.253 e. The second-order valence-electron chi connectivity index (χ2n) is 4.85. The molecule has 0 aliphatic carbocycles. The normalized spacial score (nSPS) is 12.4. The first-order valence-electron chi connectivity index (χ1n) is 6.50. The maximum absolute atomic E-state index is 13.1. The van der Waals surface area contributed by atoms with Gasteiger partial charge in [0, 0.05) is 24.1 Å². The SMILES string of the molecule is Cc1nc2cc(F)ccc2cc1C(=O)NC(C)CCO. The molecule has 2 N–H and O–H groups in total. The van der Waals surface area contributed by atoms with Crippen molar-refractivity contribution in [2.24, 2.45) is 0 Å². The molecule has 4 nitrogen and oxygen atoms in total. The molecule has 1 aromatic carbocycles. The molecule has 1 amide bonds. The van der Waals surface area contributed by atoms with Gasteiger partial charge in [-0.2, -0.15) is 0 Å². The van der Waals surface area contributed by atoms with E-state index in [1.165, 1.54) is 12.1 Å². The van der Waals surface area contributed by atoms with Crippen molar-refractivity contribution in [1.82, 2.24) is 10.3 Å². The van der Waals surface area contributed by atoms with E-state index in [2.05, 4.69) is 10.3 Å². The highest BCUT2D eigenvalue weighted by Gasteiger charge is 2.14. The molecule has 0 fully saturated rings. The molecule has 0 saturated heterocycles. The van der Waals surface area contributed by atoms with E-state index in [1.807, 2.05) is 6.92 Å². The number of hydrogen-bond acceptors (Lipinski definition) is 3. The number of aliphatic hydroxyl groups excluding tert-OH is 1. The van der Waals surface area contributed by atoms with Crippen molar-refractivity contribution in [3.63, 3.8) is 0 Å². The molecule has 106 valence electrons. The number of aromatic nitrogens is 1. The van der Waals surface area contributed by atoms with E-state index < -0.39 is 0 Å². The zero-order valence-electron chi connectivity index (χ0n) is 11.5. The van der Waals surface area contributed by atoms with Crippen LogP contribution in [0.4, 0.5) is 4.39 Å². The van der Waals surface area contributed by atoms with Crippen molar-refractivity contribution in [3.05, 3.63) is 41.3 Å². The van der Waals surface area contributed by atoms with Crippen LogP contribution in [-0.2, 0) is 0 Å². The Hall–Kier alpha value is -2.01. The Morgan fingerprint density at radius 1 is 1.45 bits per heavy atom. The molecule has 2 rings (SSSR count). The molecular weight excluding hydrogens is 259 g/mol. The molecule has 0 aliphatic rings. The van der Waals surface area contributed by atoms with Gasteiger partial charge in [0.05, 0.1) is 16.8 Å². The fourth-order valence-electron chi connectivity index (χ4n) is 2.03. The summed E-state index contributed by atoms with van der Waals surface area (Å²) in [6.07, 6.45) is 0.497. The molecule has 1 atom stereocenters. The summed E-state index contributed by atoms with van der Waals surface area (Å²) in [5, 5.41) is 12.4. The van der Waals surface area contributed by atoms with E-state index in [0.717, 1.165) is 5.39 Å². The average molecular weight is 276 g/mol. The lowest BCUT2D eigenvalue weighted by atomic mass is 10.1. The van der Waals surface area contributed by atoms with Gasteiger partial charge in [0.15, 0.2) is 0 Å². The Morgan fingerprint density at radius 2 is 2.20 bits per heavy atom. The van der Waals surface area contributed by atoms with E-state index in [1.54, 1.807) is 19.1 Å². The first kappa shape index (κ1) is 14.4. The lowest BCUT2D eigenvalue weighted by molar-refractivity contribution is 0.0933. The van der Waals surface area contributed by atoms with Gasteiger partial charge in [0.25, 0.3) is 5.91 Å². The minimum absolute atomic E-state index is 0.0235. The van der Waals surface area contributed by atoms with E-state index in [4.69, 9.17) is 5.11 Å². The number of nitrogens with zero attached hydrogens (tertiary/aromatic N) is 1. The number of nitrogens with one attached hydrogen (secondary N) is 1. The third-order valence-corrected chi connectivity index (χ3v) is 3.15. The lowest BCUT2D eigenvalue weighted by Gasteiger charge is -2.14. The number of fused-ring (bicyclic) bond motifs is 1. The standard InChI is InChI=1S/C15H17FN2O2/c1-9(5-6-19)17-15(20)13-7-11-3-4-12(16)8-14(11)18-10(13)2/h3-4,7-9,19H,5-6H2,1-2H3,(H,17,20). The van der Waals surface area contributed by atoms with Crippen molar-refractivity contribution in [2.75, 3.05) is 6.61 Å². The van der Waals surface area contributed by atoms with Gasteiger partial charge in [-0.3, -0.25) is 9.78 Å². The molecule has 0 bridgehead atoms. The van der Waals surface area contributed by atoms with Gasteiger partial charge in [-0.15, -0.1) is 0 Å². The molecule has 0 saturated carbocycles. The summed E-state index contributed by atoms with van der Waals surface area (Å²) < 4.78 is 13.1. The van der Waals surface area contributed by atoms with Crippen LogP contribution in [0.25, 0.3) is 10.9 Å². The largest absolute Gasteiger partial charge is 0.396 e. The Bertz CT molecular complexity index is 643. The van der Waals surface area contributed by atoms with Gasteiger partial charge in [0.1, 0.15) is 5.82 Å². The number of hydrogen-bond donors (Lipinski definition) is 2. The van der Waals surface area contributed by atoms with Gasteiger partial charge in [0.2, 0.25) is 0 Å². The monoisotopic (exact) mass is 276 g/mol. The quantitative estimate of drug-likeness (QED) is 0.899. The first-order chi connectivity index (χ1) is 9.51. The Kier molecular flexibility index (Phi) is 4.29.